The quantitative estimate of drug-likeness (QED) is 0.323. The second-order valence-electron chi connectivity index (χ2n) is 5.45. The molecular weight excluding hydrogens is 422 g/mol. The van der Waals surface area contributed by atoms with E-state index in [0.717, 1.165) is 31.3 Å². The Labute approximate surface area is 175 Å². The summed E-state index contributed by atoms with van der Waals surface area (Å²) in [6.07, 6.45) is 0.789. The zero-order valence-corrected chi connectivity index (χ0v) is 18.6. The highest BCUT2D eigenvalue weighted by Crippen LogP contribution is 2.31. The minimum absolute atomic E-state index is 0.193. The monoisotopic (exact) mass is 443 g/mol. The summed E-state index contributed by atoms with van der Waals surface area (Å²) in [7, 11) is 0. The molecule has 146 valence electrons. The lowest BCUT2D eigenvalue weighted by Crippen LogP contribution is -2.15. The molecule has 2 rings (SSSR count). The molecule has 0 aliphatic carbocycles. The number of hydrogen-bond donors (Lipinski definition) is 1. The fourth-order valence-electron chi connectivity index (χ4n) is 1.86. The summed E-state index contributed by atoms with van der Waals surface area (Å²) in [5.41, 5.74) is 1.48. The molecule has 0 aromatic carbocycles. The van der Waals surface area contributed by atoms with Crippen LogP contribution in [0.2, 0.25) is 0 Å². The second-order valence-corrected chi connectivity index (χ2v) is 10.0. The van der Waals surface area contributed by atoms with E-state index in [-0.39, 0.29) is 11.7 Å². The van der Waals surface area contributed by atoms with Gasteiger partial charge in [0.15, 0.2) is 8.68 Å². The Hall–Kier alpha value is -1.36. The van der Waals surface area contributed by atoms with Gasteiger partial charge in [0.2, 0.25) is 5.91 Å². The number of carbonyl (C=O) groups excluding carboxylic acids is 2. The molecule has 2 heterocycles. The molecule has 0 unspecified atom stereocenters. The maximum atomic E-state index is 12.3. The molecule has 1 N–H and O–H groups in total. The van der Waals surface area contributed by atoms with Crippen molar-refractivity contribution in [3.63, 3.8) is 0 Å². The van der Waals surface area contributed by atoms with Crippen molar-refractivity contribution in [2.45, 2.75) is 35.9 Å². The number of anilines is 1. The smallest absolute Gasteiger partial charge is 0.341 e. The summed E-state index contributed by atoms with van der Waals surface area (Å²) in [6.45, 7) is 9.88. The lowest BCUT2D eigenvalue weighted by atomic mass is 10.2. The van der Waals surface area contributed by atoms with Crippen LogP contribution in [-0.2, 0) is 16.0 Å². The summed E-state index contributed by atoms with van der Waals surface area (Å²) in [6, 6.07) is 1.78. The minimum atomic E-state index is -0.417. The topological polar surface area (TPSA) is 81.2 Å². The Bertz CT molecular complexity index is 816. The van der Waals surface area contributed by atoms with Gasteiger partial charge >= 0.3 is 5.97 Å². The number of thiophene rings is 1. The Kier molecular flexibility index (Phi) is 8.81. The number of esters is 1. The highest BCUT2D eigenvalue weighted by atomic mass is 32.2. The molecule has 27 heavy (non-hydrogen) atoms. The number of nitrogens with zero attached hydrogens (tertiary/aromatic N) is 2. The van der Waals surface area contributed by atoms with E-state index in [2.05, 4.69) is 22.1 Å². The molecule has 2 aromatic rings. The SMILES string of the molecule is C=C(C)CSc1nnc(SCC(=O)Nc2sc(CC)cc2C(=O)OCC)s1. The average molecular weight is 444 g/mol. The largest absolute Gasteiger partial charge is 0.462 e. The molecule has 0 atom stereocenters. The zero-order valence-electron chi connectivity index (χ0n) is 15.4. The van der Waals surface area contributed by atoms with Crippen molar-refractivity contribution >= 4 is 63.1 Å². The van der Waals surface area contributed by atoms with Crippen LogP contribution in [0.15, 0.2) is 26.9 Å². The predicted molar refractivity (Wildman–Crippen MR) is 114 cm³/mol. The van der Waals surface area contributed by atoms with E-state index in [9.17, 15) is 9.59 Å². The van der Waals surface area contributed by atoms with Gasteiger partial charge in [0.05, 0.1) is 17.9 Å². The van der Waals surface area contributed by atoms with Crippen molar-refractivity contribution in [3.05, 3.63) is 28.7 Å². The average Bonchev–Trinajstić information content (AvgIpc) is 3.25. The van der Waals surface area contributed by atoms with Crippen LogP contribution in [0.5, 0.6) is 0 Å². The first-order chi connectivity index (χ1) is 12.9. The maximum Gasteiger partial charge on any atom is 0.341 e. The van der Waals surface area contributed by atoms with Crippen LogP contribution < -0.4 is 5.32 Å². The third kappa shape index (κ3) is 6.95. The zero-order chi connectivity index (χ0) is 19.8. The molecule has 0 spiro atoms. The molecule has 0 bridgehead atoms. The van der Waals surface area contributed by atoms with E-state index >= 15 is 0 Å². The Morgan fingerprint density at radius 2 is 1.85 bits per heavy atom. The van der Waals surface area contributed by atoms with Crippen LogP contribution in [0.1, 0.15) is 36.0 Å². The van der Waals surface area contributed by atoms with Gasteiger partial charge in [-0.15, -0.1) is 21.5 Å². The van der Waals surface area contributed by atoms with Gasteiger partial charge in [0.1, 0.15) is 5.00 Å². The van der Waals surface area contributed by atoms with E-state index in [1.807, 2.05) is 13.8 Å². The third-order valence-corrected chi connectivity index (χ3v) is 7.65. The molecule has 10 heteroatoms. The maximum absolute atomic E-state index is 12.3. The number of nitrogens with one attached hydrogen (secondary N) is 1. The standard InChI is InChI=1S/C17H21N3O3S4/c1-5-11-7-12(15(22)23-6-2)14(26-11)18-13(21)9-25-17-20-19-16(27-17)24-8-10(3)4/h7H,3,5-6,8-9H2,1-2,4H3,(H,18,21). The Balaban J connectivity index is 1.93. The molecule has 0 aliphatic heterocycles. The summed E-state index contributed by atoms with van der Waals surface area (Å²) in [4.78, 5) is 25.4. The van der Waals surface area contributed by atoms with Crippen molar-refractivity contribution in [2.24, 2.45) is 0 Å². The van der Waals surface area contributed by atoms with Crippen LogP contribution in [0.4, 0.5) is 5.00 Å². The fourth-order valence-corrected chi connectivity index (χ4v) is 5.52. The number of carbonyl (C=O) groups is 2. The molecular formula is C17H21N3O3S4. The lowest BCUT2D eigenvalue weighted by molar-refractivity contribution is -0.113. The van der Waals surface area contributed by atoms with Crippen molar-refractivity contribution in [2.75, 3.05) is 23.4 Å². The first-order valence-electron chi connectivity index (χ1n) is 8.26. The highest BCUT2D eigenvalue weighted by molar-refractivity contribution is 8.03. The number of aryl methyl sites for hydroxylation is 1. The molecule has 2 aromatic heterocycles. The molecule has 0 fully saturated rings. The van der Waals surface area contributed by atoms with Gasteiger partial charge < -0.3 is 10.1 Å². The van der Waals surface area contributed by atoms with Gasteiger partial charge in [-0.3, -0.25) is 4.79 Å². The number of aromatic nitrogens is 2. The van der Waals surface area contributed by atoms with Crippen LogP contribution in [-0.4, -0.2) is 40.2 Å². The fraction of sp³-hybridized carbons (Fsp3) is 0.412. The first kappa shape index (κ1) is 21.9. The number of hydrogen-bond acceptors (Lipinski definition) is 9. The first-order valence-corrected chi connectivity index (χ1v) is 11.9. The Morgan fingerprint density at radius 3 is 2.44 bits per heavy atom. The summed E-state index contributed by atoms with van der Waals surface area (Å²) < 4.78 is 6.66. The van der Waals surface area contributed by atoms with Crippen molar-refractivity contribution in [1.82, 2.24) is 10.2 Å². The molecule has 1 amide bonds. The molecule has 0 aliphatic rings. The van der Waals surface area contributed by atoms with E-state index in [4.69, 9.17) is 4.74 Å². The van der Waals surface area contributed by atoms with Crippen molar-refractivity contribution < 1.29 is 14.3 Å². The molecule has 0 saturated heterocycles. The second kappa shape index (κ2) is 10.8. The van der Waals surface area contributed by atoms with Crippen LogP contribution >= 0.6 is 46.2 Å². The van der Waals surface area contributed by atoms with E-state index < -0.39 is 5.97 Å². The predicted octanol–water partition coefficient (Wildman–Crippen LogP) is 4.74. The number of ether oxygens (including phenoxy) is 1. The number of rotatable bonds is 10. The van der Waals surface area contributed by atoms with E-state index in [0.29, 0.717) is 17.2 Å². The van der Waals surface area contributed by atoms with E-state index in [1.54, 1.807) is 24.8 Å². The van der Waals surface area contributed by atoms with Crippen LogP contribution in [0, 0.1) is 0 Å². The van der Waals surface area contributed by atoms with Crippen LogP contribution in [0.3, 0.4) is 0 Å². The number of thioether (sulfide) groups is 2. The minimum Gasteiger partial charge on any atom is -0.462 e. The van der Waals surface area contributed by atoms with Gasteiger partial charge in [-0.25, -0.2) is 4.79 Å². The van der Waals surface area contributed by atoms with Gasteiger partial charge in [-0.1, -0.05) is 53.9 Å². The summed E-state index contributed by atoms with van der Waals surface area (Å²) in [5, 5.41) is 11.5. The molecule has 0 saturated carbocycles. The highest BCUT2D eigenvalue weighted by Gasteiger charge is 2.19. The van der Waals surface area contributed by atoms with Gasteiger partial charge in [0.25, 0.3) is 0 Å². The van der Waals surface area contributed by atoms with Crippen molar-refractivity contribution in [1.29, 1.82) is 0 Å². The van der Waals surface area contributed by atoms with Crippen LogP contribution in [0.25, 0.3) is 0 Å². The Morgan fingerprint density at radius 1 is 1.19 bits per heavy atom. The lowest BCUT2D eigenvalue weighted by Gasteiger charge is -2.05. The summed E-state index contributed by atoms with van der Waals surface area (Å²) >= 11 is 5.76. The van der Waals surface area contributed by atoms with Gasteiger partial charge in [0, 0.05) is 10.6 Å². The third-order valence-electron chi connectivity index (χ3n) is 3.04. The molecule has 6 nitrogen and oxygen atoms in total. The summed E-state index contributed by atoms with van der Waals surface area (Å²) in [5.74, 6) is 0.386. The molecule has 0 radical (unpaired) electrons. The van der Waals surface area contributed by atoms with Crippen molar-refractivity contribution in [3.8, 4) is 0 Å². The van der Waals surface area contributed by atoms with Gasteiger partial charge in [-0.2, -0.15) is 0 Å². The van der Waals surface area contributed by atoms with E-state index in [1.165, 1.54) is 34.4 Å². The number of amides is 1. The normalized spacial score (nSPS) is 10.6. The van der Waals surface area contributed by atoms with Gasteiger partial charge in [-0.05, 0) is 26.3 Å².